The summed E-state index contributed by atoms with van der Waals surface area (Å²) in [6.07, 6.45) is 0.0360. The zero-order chi connectivity index (χ0) is 7.28. The van der Waals surface area contributed by atoms with Gasteiger partial charge in [0.2, 0.25) is 6.29 Å². The molecule has 0 heterocycles. The molecule has 0 saturated carbocycles. The molecule has 0 fully saturated rings. The van der Waals surface area contributed by atoms with Crippen LogP contribution in [0.25, 0.3) is 0 Å². The maximum Gasteiger partial charge on any atom is 0.332 e. The minimum Gasteiger partial charge on any atom is -0.433 e. The van der Waals surface area contributed by atoms with Crippen molar-refractivity contribution < 1.29 is 14.6 Å². The smallest absolute Gasteiger partial charge is 0.332 e. The lowest BCUT2D eigenvalue weighted by molar-refractivity contribution is -0.160. The second-order valence-corrected chi connectivity index (χ2v) is 1.38. The average molecular weight is 129 g/mol. The summed E-state index contributed by atoms with van der Waals surface area (Å²) in [5.41, 5.74) is 0. The Morgan fingerprint density at radius 3 is 2.78 bits per heavy atom. The molecular formula is C6H9O3. The number of hydrogen-bond acceptors (Lipinski definition) is 3. The summed E-state index contributed by atoms with van der Waals surface area (Å²) in [7, 11) is 0. The number of ether oxygens (including phenoxy) is 1. The van der Waals surface area contributed by atoms with Crippen LogP contribution in [0, 0.1) is 6.92 Å². The monoisotopic (exact) mass is 129 g/mol. The third-order valence-corrected chi connectivity index (χ3v) is 0.666. The van der Waals surface area contributed by atoms with Crippen LogP contribution in [0.4, 0.5) is 0 Å². The van der Waals surface area contributed by atoms with Gasteiger partial charge < -0.3 is 9.84 Å². The summed E-state index contributed by atoms with van der Waals surface area (Å²) in [5, 5.41) is 8.61. The quantitative estimate of drug-likeness (QED) is 0.337. The van der Waals surface area contributed by atoms with Gasteiger partial charge in [-0.05, 0) is 6.92 Å². The summed E-state index contributed by atoms with van der Waals surface area (Å²) in [5.74, 6) is -0.633. The van der Waals surface area contributed by atoms with Crippen molar-refractivity contribution in [1.82, 2.24) is 0 Å². The maximum atomic E-state index is 10.3. The van der Waals surface area contributed by atoms with E-state index in [9.17, 15) is 4.79 Å². The van der Waals surface area contributed by atoms with Crippen molar-refractivity contribution in [2.75, 3.05) is 0 Å². The van der Waals surface area contributed by atoms with Gasteiger partial charge in [0.25, 0.3) is 0 Å². The Morgan fingerprint density at radius 2 is 2.44 bits per heavy atom. The van der Waals surface area contributed by atoms with Crippen molar-refractivity contribution in [3.8, 4) is 0 Å². The van der Waals surface area contributed by atoms with Gasteiger partial charge in [0.1, 0.15) is 0 Å². The zero-order valence-electron chi connectivity index (χ0n) is 5.04. The summed E-state index contributed by atoms with van der Waals surface area (Å²) < 4.78 is 4.28. The molecule has 1 radical (unpaired) electrons. The van der Waals surface area contributed by atoms with Crippen LogP contribution in [0.2, 0.25) is 0 Å². The number of hydrogen-bond donors (Lipinski definition) is 1. The lowest BCUT2D eigenvalue weighted by atomic mass is 10.5. The predicted octanol–water partition coefficient (Wildman–Crippen LogP) is 0.258. The molecule has 0 bridgehead atoms. The van der Waals surface area contributed by atoms with Gasteiger partial charge in [0.05, 0.1) is 0 Å². The van der Waals surface area contributed by atoms with Crippen LogP contribution in [0.3, 0.4) is 0 Å². The van der Waals surface area contributed by atoms with Gasteiger partial charge in [-0.2, -0.15) is 0 Å². The van der Waals surface area contributed by atoms with Crippen molar-refractivity contribution >= 4 is 5.97 Å². The first-order valence-electron chi connectivity index (χ1n) is 2.51. The predicted molar refractivity (Wildman–Crippen MR) is 32.3 cm³/mol. The van der Waals surface area contributed by atoms with Crippen LogP contribution in [-0.2, 0) is 9.53 Å². The molecular weight excluding hydrogens is 120 g/mol. The summed E-state index contributed by atoms with van der Waals surface area (Å²) in [4.78, 5) is 10.3. The number of carbonyl (C=O) groups is 1. The molecule has 0 aliphatic rings. The Bertz CT molecular complexity index is 109. The van der Waals surface area contributed by atoms with E-state index in [0.717, 1.165) is 6.08 Å². The average Bonchev–Trinajstić information content (AvgIpc) is 1.87. The Hall–Kier alpha value is -0.830. The molecule has 1 atom stereocenters. The molecule has 0 spiro atoms. The molecule has 0 rings (SSSR count). The topological polar surface area (TPSA) is 46.5 Å². The normalized spacial score (nSPS) is 12.2. The van der Waals surface area contributed by atoms with Crippen molar-refractivity contribution in [3.05, 3.63) is 19.6 Å². The molecule has 9 heavy (non-hydrogen) atoms. The molecule has 1 N–H and O–H groups in total. The fourth-order valence-corrected chi connectivity index (χ4v) is 0.241. The lowest BCUT2D eigenvalue weighted by Gasteiger charge is -2.05. The first kappa shape index (κ1) is 8.17. The minimum absolute atomic E-state index is 0.152. The van der Waals surface area contributed by atoms with E-state index in [2.05, 4.69) is 18.2 Å². The number of esters is 1. The zero-order valence-corrected chi connectivity index (χ0v) is 5.04. The molecule has 0 aromatic heterocycles. The van der Waals surface area contributed by atoms with E-state index >= 15 is 0 Å². The first-order chi connectivity index (χ1) is 4.20. The van der Waals surface area contributed by atoms with Gasteiger partial charge in [-0.25, -0.2) is 4.79 Å². The fourth-order valence-electron chi connectivity index (χ4n) is 0.241. The van der Waals surface area contributed by atoms with Crippen molar-refractivity contribution in [2.24, 2.45) is 0 Å². The van der Waals surface area contributed by atoms with Gasteiger partial charge in [0.15, 0.2) is 0 Å². The Balaban J connectivity index is 3.46. The van der Waals surface area contributed by atoms with E-state index in [1.165, 1.54) is 0 Å². The molecule has 0 aliphatic heterocycles. The summed E-state index contributed by atoms with van der Waals surface area (Å²) in [6.45, 7) is 6.45. The molecule has 0 aliphatic carbocycles. The third-order valence-electron chi connectivity index (χ3n) is 0.666. The van der Waals surface area contributed by atoms with Gasteiger partial charge in [-0.3, -0.25) is 0 Å². The van der Waals surface area contributed by atoms with Gasteiger partial charge in [-0.15, -0.1) is 0 Å². The molecule has 0 saturated heterocycles. The SMILES string of the molecule is [CH2]CC(O)OC(=O)C=C. The highest BCUT2D eigenvalue weighted by Gasteiger charge is 2.02. The third kappa shape index (κ3) is 3.73. The number of aliphatic hydroxyl groups is 1. The van der Waals surface area contributed by atoms with E-state index in [-0.39, 0.29) is 6.42 Å². The molecule has 0 aromatic rings. The molecule has 3 nitrogen and oxygen atoms in total. The molecule has 0 aromatic carbocycles. The van der Waals surface area contributed by atoms with E-state index < -0.39 is 12.3 Å². The highest BCUT2D eigenvalue weighted by Crippen LogP contribution is 1.91. The maximum absolute atomic E-state index is 10.3. The van der Waals surface area contributed by atoms with E-state index in [4.69, 9.17) is 5.11 Å². The molecule has 0 amide bonds. The first-order valence-corrected chi connectivity index (χ1v) is 2.51. The fraction of sp³-hybridized carbons (Fsp3) is 0.333. The lowest BCUT2D eigenvalue weighted by Crippen LogP contribution is -2.14. The van der Waals surface area contributed by atoms with E-state index in [1.807, 2.05) is 0 Å². The van der Waals surface area contributed by atoms with Crippen LogP contribution in [-0.4, -0.2) is 17.4 Å². The highest BCUT2D eigenvalue weighted by molar-refractivity contribution is 5.81. The van der Waals surface area contributed by atoms with Crippen molar-refractivity contribution in [3.63, 3.8) is 0 Å². The highest BCUT2D eigenvalue weighted by atomic mass is 16.6. The molecule has 1 unspecified atom stereocenters. The van der Waals surface area contributed by atoms with E-state index in [0.29, 0.717) is 0 Å². The Morgan fingerprint density at radius 1 is 1.89 bits per heavy atom. The number of carbonyl (C=O) groups excluding carboxylic acids is 1. The van der Waals surface area contributed by atoms with Crippen LogP contribution in [0.15, 0.2) is 12.7 Å². The largest absolute Gasteiger partial charge is 0.433 e. The van der Waals surface area contributed by atoms with Gasteiger partial charge in [-0.1, -0.05) is 6.58 Å². The summed E-state index contributed by atoms with van der Waals surface area (Å²) >= 11 is 0. The van der Waals surface area contributed by atoms with Gasteiger partial charge in [0, 0.05) is 12.5 Å². The minimum atomic E-state index is -1.10. The van der Waals surface area contributed by atoms with Gasteiger partial charge >= 0.3 is 5.97 Å². The number of aliphatic hydroxyl groups excluding tert-OH is 1. The van der Waals surface area contributed by atoms with Crippen LogP contribution < -0.4 is 0 Å². The molecule has 3 heteroatoms. The van der Waals surface area contributed by atoms with Crippen LogP contribution in [0.1, 0.15) is 6.42 Å². The standard InChI is InChI=1S/C6H9O3/c1-3-5(7)9-6(8)4-2/h3,6,8H,1-2,4H2. The second kappa shape index (κ2) is 4.09. The van der Waals surface area contributed by atoms with E-state index in [1.54, 1.807) is 0 Å². The summed E-state index contributed by atoms with van der Waals surface area (Å²) in [6, 6.07) is 0. The Labute approximate surface area is 53.9 Å². The van der Waals surface area contributed by atoms with Crippen LogP contribution >= 0.6 is 0 Å². The van der Waals surface area contributed by atoms with Crippen molar-refractivity contribution in [1.29, 1.82) is 0 Å². The molecule has 51 valence electrons. The Kier molecular flexibility index (Phi) is 3.71. The van der Waals surface area contributed by atoms with Crippen molar-refractivity contribution in [2.45, 2.75) is 12.7 Å². The second-order valence-electron chi connectivity index (χ2n) is 1.38. The van der Waals surface area contributed by atoms with Crippen LogP contribution in [0.5, 0.6) is 0 Å². The number of rotatable bonds is 3.